The van der Waals surface area contributed by atoms with Crippen molar-refractivity contribution in [3.8, 4) is 0 Å². The lowest BCUT2D eigenvalue weighted by Crippen LogP contribution is -2.23. The van der Waals surface area contributed by atoms with Crippen molar-refractivity contribution in [2.45, 2.75) is 25.8 Å². The fourth-order valence-corrected chi connectivity index (χ4v) is 1.35. The Bertz CT molecular complexity index is 432. The molecule has 74 valence electrons. The largest absolute Gasteiger partial charge is 0.327 e. The van der Waals surface area contributed by atoms with Crippen LogP contribution in [0.5, 0.6) is 0 Å². The molecule has 0 saturated heterocycles. The van der Waals surface area contributed by atoms with Gasteiger partial charge in [0.25, 0.3) is 0 Å². The van der Waals surface area contributed by atoms with Crippen molar-refractivity contribution >= 4 is 5.65 Å². The Morgan fingerprint density at radius 2 is 2.14 bits per heavy atom. The van der Waals surface area contributed by atoms with Gasteiger partial charge >= 0.3 is 0 Å². The molecule has 2 aromatic heterocycles. The standard InChI is InChI=1S/C10H14N4/c1-7(8(2)11)9-4-6-14-10(13-9)3-5-12-14/h3-8H,11H2,1-2H3. The van der Waals surface area contributed by atoms with Crippen molar-refractivity contribution in [2.24, 2.45) is 5.73 Å². The summed E-state index contributed by atoms with van der Waals surface area (Å²) in [6, 6.07) is 3.97. The highest BCUT2D eigenvalue weighted by Crippen LogP contribution is 2.15. The molecule has 2 heterocycles. The van der Waals surface area contributed by atoms with Gasteiger partial charge in [0.15, 0.2) is 5.65 Å². The van der Waals surface area contributed by atoms with E-state index in [1.54, 1.807) is 10.7 Å². The summed E-state index contributed by atoms with van der Waals surface area (Å²) in [7, 11) is 0. The highest BCUT2D eigenvalue weighted by atomic mass is 15.2. The Morgan fingerprint density at radius 3 is 2.86 bits per heavy atom. The summed E-state index contributed by atoms with van der Waals surface area (Å²) in [5.74, 6) is 0.273. The van der Waals surface area contributed by atoms with Crippen molar-refractivity contribution in [3.05, 3.63) is 30.2 Å². The number of hydrogen-bond acceptors (Lipinski definition) is 3. The Balaban J connectivity index is 2.43. The minimum atomic E-state index is 0.118. The molecule has 0 radical (unpaired) electrons. The third kappa shape index (κ3) is 1.48. The van der Waals surface area contributed by atoms with Crippen molar-refractivity contribution in [2.75, 3.05) is 0 Å². The number of fused-ring (bicyclic) bond motifs is 1. The molecule has 2 unspecified atom stereocenters. The monoisotopic (exact) mass is 190 g/mol. The summed E-state index contributed by atoms with van der Waals surface area (Å²) < 4.78 is 1.75. The molecule has 14 heavy (non-hydrogen) atoms. The average Bonchev–Trinajstić information content (AvgIpc) is 2.62. The van der Waals surface area contributed by atoms with E-state index in [2.05, 4.69) is 17.0 Å². The maximum absolute atomic E-state index is 5.82. The summed E-state index contributed by atoms with van der Waals surface area (Å²) in [6.07, 6.45) is 3.65. The molecule has 0 spiro atoms. The fraction of sp³-hybridized carbons (Fsp3) is 0.400. The molecule has 4 nitrogen and oxygen atoms in total. The zero-order chi connectivity index (χ0) is 10.1. The lowest BCUT2D eigenvalue weighted by atomic mass is 10.0. The molecule has 0 aliphatic heterocycles. The van der Waals surface area contributed by atoms with Gasteiger partial charge in [-0.3, -0.25) is 0 Å². The quantitative estimate of drug-likeness (QED) is 0.773. The second-order valence-corrected chi connectivity index (χ2v) is 3.63. The van der Waals surface area contributed by atoms with Crippen molar-refractivity contribution < 1.29 is 0 Å². The molecule has 4 heteroatoms. The lowest BCUT2D eigenvalue weighted by molar-refractivity contribution is 0.598. The van der Waals surface area contributed by atoms with Gasteiger partial charge in [0.1, 0.15) is 0 Å². The number of aromatic nitrogens is 3. The molecular weight excluding hydrogens is 176 g/mol. The van der Waals surface area contributed by atoms with Gasteiger partial charge in [0.2, 0.25) is 0 Å². The summed E-state index contributed by atoms with van der Waals surface area (Å²) in [6.45, 7) is 4.08. The van der Waals surface area contributed by atoms with Gasteiger partial charge < -0.3 is 5.73 Å². The second kappa shape index (κ2) is 3.38. The lowest BCUT2D eigenvalue weighted by Gasteiger charge is -2.14. The van der Waals surface area contributed by atoms with Crippen LogP contribution in [-0.4, -0.2) is 20.6 Å². The molecule has 0 aromatic carbocycles. The Labute approximate surface area is 82.8 Å². The van der Waals surface area contributed by atoms with Crippen LogP contribution in [0.3, 0.4) is 0 Å². The Kier molecular flexibility index (Phi) is 2.21. The van der Waals surface area contributed by atoms with Gasteiger partial charge in [0.05, 0.1) is 6.20 Å². The molecule has 2 N–H and O–H groups in total. The first-order valence-corrected chi connectivity index (χ1v) is 4.74. The van der Waals surface area contributed by atoms with E-state index in [1.165, 1.54) is 0 Å². The van der Waals surface area contributed by atoms with E-state index in [9.17, 15) is 0 Å². The van der Waals surface area contributed by atoms with E-state index in [-0.39, 0.29) is 12.0 Å². The van der Waals surface area contributed by atoms with Crippen molar-refractivity contribution in [3.63, 3.8) is 0 Å². The first-order chi connectivity index (χ1) is 6.68. The van der Waals surface area contributed by atoms with E-state index < -0.39 is 0 Å². The van der Waals surface area contributed by atoms with Crippen LogP contribution in [-0.2, 0) is 0 Å². The first-order valence-electron chi connectivity index (χ1n) is 4.74. The molecule has 0 aliphatic carbocycles. The fourth-order valence-electron chi connectivity index (χ4n) is 1.35. The van der Waals surface area contributed by atoms with Crippen LogP contribution >= 0.6 is 0 Å². The van der Waals surface area contributed by atoms with Crippen molar-refractivity contribution in [1.29, 1.82) is 0 Å². The molecule has 0 saturated carbocycles. The van der Waals surface area contributed by atoms with E-state index in [4.69, 9.17) is 5.73 Å². The van der Waals surface area contributed by atoms with Gasteiger partial charge in [0, 0.05) is 29.9 Å². The summed E-state index contributed by atoms with van der Waals surface area (Å²) >= 11 is 0. The van der Waals surface area contributed by atoms with Crippen LogP contribution in [0.2, 0.25) is 0 Å². The molecule has 2 rings (SSSR count). The van der Waals surface area contributed by atoms with Crippen LogP contribution in [0.15, 0.2) is 24.5 Å². The number of hydrogen-bond donors (Lipinski definition) is 1. The van der Waals surface area contributed by atoms with E-state index in [1.807, 2.05) is 25.3 Å². The van der Waals surface area contributed by atoms with Crippen LogP contribution in [0, 0.1) is 0 Å². The summed E-state index contributed by atoms with van der Waals surface area (Å²) in [5.41, 5.74) is 7.72. The van der Waals surface area contributed by atoms with E-state index in [0.717, 1.165) is 11.3 Å². The minimum absolute atomic E-state index is 0.118. The second-order valence-electron chi connectivity index (χ2n) is 3.63. The van der Waals surface area contributed by atoms with Gasteiger partial charge in [-0.1, -0.05) is 6.92 Å². The molecule has 2 atom stereocenters. The van der Waals surface area contributed by atoms with E-state index >= 15 is 0 Å². The predicted octanol–water partition coefficient (Wildman–Crippen LogP) is 1.18. The van der Waals surface area contributed by atoms with Crippen LogP contribution in [0.1, 0.15) is 25.5 Å². The zero-order valence-corrected chi connectivity index (χ0v) is 8.38. The van der Waals surface area contributed by atoms with Crippen LogP contribution in [0.4, 0.5) is 0 Å². The van der Waals surface area contributed by atoms with Gasteiger partial charge in [-0.15, -0.1) is 0 Å². The minimum Gasteiger partial charge on any atom is -0.327 e. The van der Waals surface area contributed by atoms with E-state index in [0.29, 0.717) is 0 Å². The third-order valence-electron chi connectivity index (χ3n) is 2.53. The zero-order valence-electron chi connectivity index (χ0n) is 8.38. The summed E-state index contributed by atoms with van der Waals surface area (Å²) in [4.78, 5) is 4.48. The predicted molar refractivity (Wildman–Crippen MR) is 55.1 cm³/mol. The van der Waals surface area contributed by atoms with Crippen LogP contribution in [0.25, 0.3) is 5.65 Å². The van der Waals surface area contributed by atoms with Crippen molar-refractivity contribution in [1.82, 2.24) is 14.6 Å². The van der Waals surface area contributed by atoms with Crippen LogP contribution < -0.4 is 5.73 Å². The van der Waals surface area contributed by atoms with Gasteiger partial charge in [-0.25, -0.2) is 9.50 Å². The van der Waals surface area contributed by atoms with Gasteiger partial charge in [-0.05, 0) is 13.0 Å². The van der Waals surface area contributed by atoms with Gasteiger partial charge in [-0.2, -0.15) is 5.10 Å². The smallest absolute Gasteiger partial charge is 0.155 e. The SMILES string of the molecule is CC(N)C(C)c1ccn2nccc2n1. The molecule has 0 bridgehead atoms. The number of nitrogens with two attached hydrogens (primary N) is 1. The highest BCUT2D eigenvalue weighted by molar-refractivity contribution is 5.37. The normalized spacial score (nSPS) is 15.6. The Morgan fingerprint density at radius 1 is 1.36 bits per heavy atom. The highest BCUT2D eigenvalue weighted by Gasteiger charge is 2.12. The third-order valence-corrected chi connectivity index (χ3v) is 2.53. The maximum Gasteiger partial charge on any atom is 0.155 e. The first kappa shape index (κ1) is 9.15. The maximum atomic E-state index is 5.82. The molecule has 0 aliphatic rings. The number of nitrogens with zero attached hydrogens (tertiary/aromatic N) is 3. The Hall–Kier alpha value is -1.42. The topological polar surface area (TPSA) is 56.2 Å². The molecular formula is C10H14N4. The molecule has 2 aromatic rings. The molecule has 0 amide bonds. The molecule has 0 fully saturated rings. The average molecular weight is 190 g/mol. The summed E-state index contributed by atoms with van der Waals surface area (Å²) in [5, 5.41) is 4.09. The number of rotatable bonds is 2.